The number of nitrogens with two attached hydrogens (primary N) is 1. The Kier molecular flexibility index (Phi) is 4.38. The Morgan fingerprint density at radius 3 is 2.89 bits per heavy atom. The zero-order chi connectivity index (χ0) is 13.9. The van der Waals surface area contributed by atoms with Crippen molar-refractivity contribution in [1.82, 2.24) is 9.71 Å². The first-order valence-corrected chi connectivity index (χ1v) is 7.93. The molecule has 1 aromatic rings. The first-order chi connectivity index (χ1) is 9.04. The van der Waals surface area contributed by atoms with E-state index in [4.69, 9.17) is 5.84 Å². The maximum Gasteiger partial charge on any atom is 0.244 e. The number of pyridine rings is 1. The van der Waals surface area contributed by atoms with Gasteiger partial charge in [0.2, 0.25) is 10.0 Å². The molecular formula is C12H20N4O2S. The van der Waals surface area contributed by atoms with Crippen LogP contribution in [0.4, 0.5) is 5.69 Å². The lowest BCUT2D eigenvalue weighted by Gasteiger charge is -2.16. The van der Waals surface area contributed by atoms with Crippen LogP contribution in [0, 0.1) is 11.8 Å². The Hall–Kier alpha value is -1.18. The van der Waals surface area contributed by atoms with E-state index in [9.17, 15) is 8.42 Å². The van der Waals surface area contributed by atoms with E-state index in [1.54, 1.807) is 0 Å². The first-order valence-electron chi connectivity index (χ1n) is 6.45. The first kappa shape index (κ1) is 14.2. The normalized spacial score (nSPS) is 23.5. The van der Waals surface area contributed by atoms with Crippen molar-refractivity contribution in [2.24, 2.45) is 17.7 Å². The van der Waals surface area contributed by atoms with Crippen LogP contribution in [0.1, 0.15) is 26.2 Å². The number of rotatable bonds is 5. The number of hydrazine groups is 1. The monoisotopic (exact) mass is 284 g/mol. The van der Waals surface area contributed by atoms with E-state index < -0.39 is 10.0 Å². The van der Waals surface area contributed by atoms with Gasteiger partial charge in [0.25, 0.3) is 0 Å². The predicted octanol–water partition coefficient (Wildman–Crippen LogP) is 1.08. The fourth-order valence-corrected chi connectivity index (χ4v) is 3.74. The average molecular weight is 284 g/mol. The molecule has 1 aliphatic carbocycles. The summed E-state index contributed by atoms with van der Waals surface area (Å²) in [5.41, 5.74) is 2.73. The Balaban J connectivity index is 2.09. The van der Waals surface area contributed by atoms with Crippen LogP contribution >= 0.6 is 0 Å². The number of nitrogens with zero attached hydrogens (tertiary/aromatic N) is 1. The summed E-state index contributed by atoms with van der Waals surface area (Å²) < 4.78 is 27.1. The molecule has 4 N–H and O–H groups in total. The van der Waals surface area contributed by atoms with Crippen molar-refractivity contribution in [3.8, 4) is 0 Å². The van der Waals surface area contributed by atoms with Gasteiger partial charge in [0.1, 0.15) is 4.90 Å². The molecule has 19 heavy (non-hydrogen) atoms. The molecule has 1 saturated carbocycles. The molecule has 6 nitrogen and oxygen atoms in total. The van der Waals surface area contributed by atoms with Gasteiger partial charge in [-0.05, 0) is 24.3 Å². The molecule has 0 amide bonds. The van der Waals surface area contributed by atoms with Gasteiger partial charge < -0.3 is 5.43 Å². The Labute approximate surface area is 113 Å². The topological polar surface area (TPSA) is 97.1 Å². The van der Waals surface area contributed by atoms with Crippen molar-refractivity contribution in [2.75, 3.05) is 12.0 Å². The zero-order valence-electron chi connectivity index (χ0n) is 11.0. The summed E-state index contributed by atoms with van der Waals surface area (Å²) in [7, 11) is -3.57. The lowest BCUT2D eigenvalue weighted by molar-refractivity contribution is 0.414. The maximum absolute atomic E-state index is 12.2. The van der Waals surface area contributed by atoms with E-state index in [0.717, 1.165) is 6.42 Å². The molecule has 7 heteroatoms. The van der Waals surface area contributed by atoms with Gasteiger partial charge in [-0.25, -0.2) is 13.1 Å². The smallest absolute Gasteiger partial charge is 0.244 e. The number of sulfonamides is 1. The molecule has 0 aliphatic heterocycles. The molecule has 2 atom stereocenters. The van der Waals surface area contributed by atoms with Gasteiger partial charge in [-0.1, -0.05) is 19.8 Å². The standard InChI is InChI=1S/C12H20N4O2S/c1-9-3-2-4-10(9)7-15-19(17,18)12-8-14-6-5-11(12)16-13/h5-6,8-10,15H,2-4,7,13H2,1H3,(H,14,16). The third-order valence-corrected chi connectivity index (χ3v) is 5.26. The molecule has 0 saturated heterocycles. The summed E-state index contributed by atoms with van der Waals surface area (Å²) in [6, 6.07) is 1.53. The SMILES string of the molecule is CC1CCCC1CNS(=O)(=O)c1cnccc1NN. The van der Waals surface area contributed by atoms with Crippen LogP contribution in [0.3, 0.4) is 0 Å². The largest absolute Gasteiger partial charge is 0.323 e. The number of hydrogen-bond donors (Lipinski definition) is 3. The second-order valence-corrected chi connectivity index (χ2v) is 6.77. The fourth-order valence-electron chi connectivity index (χ4n) is 2.53. The minimum atomic E-state index is -3.57. The molecule has 2 unspecified atom stereocenters. The van der Waals surface area contributed by atoms with Crippen molar-refractivity contribution in [3.05, 3.63) is 18.5 Å². The summed E-state index contributed by atoms with van der Waals surface area (Å²) in [5, 5.41) is 0. The van der Waals surface area contributed by atoms with E-state index in [1.807, 2.05) is 0 Å². The fraction of sp³-hybridized carbons (Fsp3) is 0.583. The summed E-state index contributed by atoms with van der Waals surface area (Å²) in [6.45, 7) is 2.64. The van der Waals surface area contributed by atoms with E-state index in [2.05, 4.69) is 22.1 Å². The summed E-state index contributed by atoms with van der Waals surface area (Å²) in [4.78, 5) is 3.93. The van der Waals surface area contributed by atoms with Crippen LogP contribution in [0.25, 0.3) is 0 Å². The van der Waals surface area contributed by atoms with Crippen LogP contribution in [0.2, 0.25) is 0 Å². The molecule has 1 aromatic heterocycles. The molecule has 1 aliphatic rings. The summed E-state index contributed by atoms with van der Waals surface area (Å²) in [6.07, 6.45) is 6.23. The van der Waals surface area contributed by atoms with Gasteiger partial charge >= 0.3 is 0 Å². The van der Waals surface area contributed by atoms with Gasteiger partial charge in [0.05, 0.1) is 5.69 Å². The van der Waals surface area contributed by atoms with Crippen molar-refractivity contribution in [2.45, 2.75) is 31.1 Å². The highest BCUT2D eigenvalue weighted by Gasteiger charge is 2.26. The number of hydrogen-bond acceptors (Lipinski definition) is 5. The van der Waals surface area contributed by atoms with Crippen LogP contribution in [-0.4, -0.2) is 19.9 Å². The molecule has 0 bridgehead atoms. The van der Waals surface area contributed by atoms with Gasteiger partial charge in [0.15, 0.2) is 0 Å². The van der Waals surface area contributed by atoms with Crippen LogP contribution in [0.5, 0.6) is 0 Å². The van der Waals surface area contributed by atoms with Crippen LogP contribution in [0.15, 0.2) is 23.4 Å². The molecule has 1 heterocycles. The van der Waals surface area contributed by atoms with Crippen molar-refractivity contribution in [3.63, 3.8) is 0 Å². The second-order valence-electron chi connectivity index (χ2n) is 5.04. The Morgan fingerprint density at radius 2 is 2.26 bits per heavy atom. The third-order valence-electron chi connectivity index (χ3n) is 3.80. The Morgan fingerprint density at radius 1 is 1.47 bits per heavy atom. The van der Waals surface area contributed by atoms with E-state index in [-0.39, 0.29) is 4.90 Å². The molecule has 1 fully saturated rings. The third kappa shape index (κ3) is 3.23. The minimum Gasteiger partial charge on any atom is -0.323 e. The number of aromatic nitrogens is 1. The van der Waals surface area contributed by atoms with E-state index in [1.165, 1.54) is 31.3 Å². The number of anilines is 1. The second kappa shape index (κ2) is 5.85. The molecule has 0 aromatic carbocycles. The number of nitrogens with one attached hydrogen (secondary N) is 2. The van der Waals surface area contributed by atoms with Gasteiger partial charge in [-0.15, -0.1) is 0 Å². The quantitative estimate of drug-likeness (QED) is 0.555. The van der Waals surface area contributed by atoms with Crippen molar-refractivity contribution >= 4 is 15.7 Å². The predicted molar refractivity (Wildman–Crippen MR) is 73.7 cm³/mol. The average Bonchev–Trinajstić information content (AvgIpc) is 2.82. The van der Waals surface area contributed by atoms with Crippen molar-refractivity contribution in [1.29, 1.82) is 0 Å². The lowest BCUT2D eigenvalue weighted by atomic mass is 9.99. The molecule has 106 valence electrons. The molecule has 2 rings (SSSR count). The van der Waals surface area contributed by atoms with Gasteiger partial charge in [-0.3, -0.25) is 10.8 Å². The summed E-state index contributed by atoms with van der Waals surface area (Å²) in [5.74, 6) is 6.31. The maximum atomic E-state index is 12.2. The van der Waals surface area contributed by atoms with Gasteiger partial charge in [0, 0.05) is 18.9 Å². The number of nitrogen functional groups attached to an aromatic ring is 1. The Bertz CT molecular complexity index is 532. The highest BCUT2D eigenvalue weighted by molar-refractivity contribution is 7.89. The molecular weight excluding hydrogens is 264 g/mol. The van der Waals surface area contributed by atoms with E-state index in [0.29, 0.717) is 24.1 Å². The van der Waals surface area contributed by atoms with Crippen LogP contribution < -0.4 is 16.0 Å². The highest BCUT2D eigenvalue weighted by Crippen LogP contribution is 2.31. The van der Waals surface area contributed by atoms with Crippen molar-refractivity contribution < 1.29 is 8.42 Å². The highest BCUT2D eigenvalue weighted by atomic mass is 32.2. The van der Waals surface area contributed by atoms with Gasteiger partial charge in [-0.2, -0.15) is 0 Å². The lowest BCUT2D eigenvalue weighted by Crippen LogP contribution is -2.31. The summed E-state index contributed by atoms with van der Waals surface area (Å²) >= 11 is 0. The molecule has 0 radical (unpaired) electrons. The van der Waals surface area contributed by atoms with E-state index >= 15 is 0 Å². The zero-order valence-corrected chi connectivity index (χ0v) is 11.8. The molecule has 0 spiro atoms. The minimum absolute atomic E-state index is 0.0863. The van der Waals surface area contributed by atoms with Crippen LogP contribution in [-0.2, 0) is 10.0 Å².